The average molecular weight is 1150 g/mol. The van der Waals surface area contributed by atoms with Crippen molar-refractivity contribution in [1.82, 2.24) is 0 Å². The third-order valence-corrected chi connectivity index (χ3v) is 13.3. The van der Waals surface area contributed by atoms with Crippen LogP contribution in [0.2, 0.25) is 0 Å². The fourth-order valence-electron chi connectivity index (χ4n) is 8.35. The van der Waals surface area contributed by atoms with Gasteiger partial charge in [-0.1, -0.05) is 255 Å². The van der Waals surface area contributed by atoms with E-state index in [0.717, 1.165) is 122 Å². The molecular formula is C74H120NO8+. The van der Waals surface area contributed by atoms with Gasteiger partial charge < -0.3 is 28.5 Å². The van der Waals surface area contributed by atoms with Gasteiger partial charge in [0.1, 0.15) is 13.2 Å². The van der Waals surface area contributed by atoms with Gasteiger partial charge in [-0.05, 0) is 122 Å². The molecule has 0 saturated carbocycles. The molecule has 0 aliphatic rings. The largest absolute Gasteiger partial charge is 0.477 e. The zero-order chi connectivity index (χ0) is 60.5. The van der Waals surface area contributed by atoms with Gasteiger partial charge in [0.05, 0.1) is 34.4 Å². The smallest absolute Gasteiger partial charge is 0.361 e. The molecule has 9 nitrogen and oxygen atoms in total. The summed E-state index contributed by atoms with van der Waals surface area (Å²) in [7, 11) is 5.95. The number of carbonyl (C=O) groups is 3. The molecule has 468 valence electrons. The van der Waals surface area contributed by atoms with Crippen LogP contribution in [-0.2, 0) is 33.3 Å². The molecule has 0 aromatic rings. The lowest BCUT2D eigenvalue weighted by Gasteiger charge is -2.25. The monoisotopic (exact) mass is 1150 g/mol. The first-order valence-corrected chi connectivity index (χ1v) is 32.6. The van der Waals surface area contributed by atoms with Crippen molar-refractivity contribution >= 4 is 17.9 Å². The Labute approximate surface area is 508 Å². The number of nitrogens with zero attached hydrogens (tertiary/aromatic N) is 1. The number of quaternary nitrogens is 1. The van der Waals surface area contributed by atoms with Crippen molar-refractivity contribution in [3.05, 3.63) is 158 Å². The Morgan fingerprint density at radius 1 is 0.361 bits per heavy atom. The molecule has 0 heterocycles. The molecule has 0 saturated heterocycles. The third-order valence-electron chi connectivity index (χ3n) is 13.3. The second-order valence-corrected chi connectivity index (χ2v) is 22.3. The van der Waals surface area contributed by atoms with E-state index >= 15 is 0 Å². The maximum absolute atomic E-state index is 12.9. The van der Waals surface area contributed by atoms with Crippen LogP contribution in [0.4, 0.5) is 0 Å². The molecule has 0 amide bonds. The van der Waals surface area contributed by atoms with Crippen molar-refractivity contribution in [2.45, 2.75) is 245 Å². The van der Waals surface area contributed by atoms with Crippen LogP contribution in [-0.4, -0.2) is 87.4 Å². The zero-order valence-electron chi connectivity index (χ0n) is 53.3. The predicted molar refractivity (Wildman–Crippen MR) is 354 cm³/mol. The summed E-state index contributed by atoms with van der Waals surface area (Å²) in [6, 6.07) is 0. The minimum absolute atomic E-state index is 0.172. The number of esters is 2. The molecule has 9 heteroatoms. The first kappa shape index (κ1) is 77.9. The molecule has 1 N–H and O–H groups in total. The Morgan fingerprint density at radius 2 is 0.651 bits per heavy atom. The van der Waals surface area contributed by atoms with Crippen molar-refractivity contribution in [3.63, 3.8) is 0 Å². The summed E-state index contributed by atoms with van der Waals surface area (Å²) in [5.41, 5.74) is 0. The third kappa shape index (κ3) is 64.3. The van der Waals surface area contributed by atoms with Gasteiger partial charge >= 0.3 is 17.9 Å². The number of carbonyl (C=O) groups excluding carboxylic acids is 2. The molecule has 0 aromatic carbocycles. The number of aliphatic carboxylic acids is 1. The zero-order valence-corrected chi connectivity index (χ0v) is 53.3. The molecule has 83 heavy (non-hydrogen) atoms. The summed E-state index contributed by atoms with van der Waals surface area (Å²) < 4.78 is 22.9. The Bertz CT molecular complexity index is 1920. The minimum Gasteiger partial charge on any atom is -0.477 e. The van der Waals surface area contributed by atoms with Gasteiger partial charge in [0.15, 0.2) is 6.10 Å². The normalized spacial score (nSPS) is 13.8. The van der Waals surface area contributed by atoms with E-state index in [1.165, 1.54) is 77.0 Å². The highest BCUT2D eigenvalue weighted by molar-refractivity contribution is 5.71. The standard InChI is InChI=1S/C74H119NO8/c1-6-8-10-12-14-16-18-20-22-24-26-28-30-32-34-35-36-37-39-41-43-45-47-49-51-53-55-57-59-61-63-65-72(77)83-70(69-82-74(73(78)79)80-67-66-75(3,4)5)68-81-71(76)64-62-60-58-56-54-52-50-48-46-44-42-40-38-33-31-29-27-25-23-21-19-17-15-13-11-9-7-2/h8-11,14-17,20-23,26-29,32,34,36-37,41,43,47,49,53,55,70,74H,6-7,12-13,18-19,24-25,30-31,33,35,38-40,42,44-46,48,50-52,54,56-69H2,1-5H3/p+1/b10-8-,11-9-,16-14-,17-15-,22-20-,23-21-,28-26-,29-27-,34-32-,37-36-,43-41-,49-47-,55-53-. The fourth-order valence-corrected chi connectivity index (χ4v) is 8.35. The second kappa shape index (κ2) is 62.9. The highest BCUT2D eigenvalue weighted by Gasteiger charge is 2.25. The van der Waals surface area contributed by atoms with Crippen LogP contribution < -0.4 is 0 Å². The summed E-state index contributed by atoms with van der Waals surface area (Å²) in [5, 5.41) is 9.73. The van der Waals surface area contributed by atoms with Gasteiger partial charge in [-0.15, -0.1) is 0 Å². The molecule has 0 radical (unpaired) electrons. The number of carboxylic acid groups (broad SMARTS) is 1. The molecule has 0 rings (SSSR count). The molecule has 0 spiro atoms. The van der Waals surface area contributed by atoms with Crippen LogP contribution in [0.3, 0.4) is 0 Å². The first-order chi connectivity index (χ1) is 40.6. The van der Waals surface area contributed by atoms with E-state index in [2.05, 4.69) is 172 Å². The lowest BCUT2D eigenvalue weighted by atomic mass is 10.0. The van der Waals surface area contributed by atoms with Gasteiger partial charge in [-0.25, -0.2) is 4.79 Å². The summed E-state index contributed by atoms with van der Waals surface area (Å²) in [6.45, 7) is 4.60. The van der Waals surface area contributed by atoms with Crippen molar-refractivity contribution in [1.29, 1.82) is 0 Å². The Kier molecular flexibility index (Phi) is 59.1. The summed E-state index contributed by atoms with van der Waals surface area (Å²) in [5.74, 6) is -2.07. The van der Waals surface area contributed by atoms with E-state index in [0.29, 0.717) is 17.4 Å². The topological polar surface area (TPSA) is 108 Å². The van der Waals surface area contributed by atoms with E-state index in [1.54, 1.807) is 0 Å². The summed E-state index contributed by atoms with van der Waals surface area (Å²) in [6.07, 6.45) is 90.5. The average Bonchev–Trinajstić information content (AvgIpc) is 3.46. The molecule has 0 aliphatic carbocycles. The van der Waals surface area contributed by atoms with Crippen molar-refractivity contribution in [2.24, 2.45) is 0 Å². The van der Waals surface area contributed by atoms with Crippen LogP contribution in [0, 0.1) is 0 Å². The van der Waals surface area contributed by atoms with Crippen LogP contribution in [0.25, 0.3) is 0 Å². The van der Waals surface area contributed by atoms with E-state index in [9.17, 15) is 19.5 Å². The summed E-state index contributed by atoms with van der Waals surface area (Å²) in [4.78, 5) is 37.6. The van der Waals surface area contributed by atoms with Crippen LogP contribution in [0.5, 0.6) is 0 Å². The molecule has 0 aromatic heterocycles. The lowest BCUT2D eigenvalue weighted by molar-refractivity contribution is -0.870. The maximum Gasteiger partial charge on any atom is 0.361 e. The van der Waals surface area contributed by atoms with Gasteiger partial charge in [-0.3, -0.25) is 9.59 Å². The molecule has 2 atom stereocenters. The van der Waals surface area contributed by atoms with Crippen molar-refractivity contribution in [3.8, 4) is 0 Å². The number of likely N-dealkylation sites (N-methyl/N-ethyl adjacent to an activating group) is 1. The van der Waals surface area contributed by atoms with Gasteiger partial charge in [0, 0.05) is 12.8 Å². The first-order valence-electron chi connectivity index (χ1n) is 32.6. The number of carboxylic acids is 1. The highest BCUT2D eigenvalue weighted by atomic mass is 16.7. The molecule has 0 fully saturated rings. The summed E-state index contributed by atoms with van der Waals surface area (Å²) >= 11 is 0. The van der Waals surface area contributed by atoms with E-state index in [-0.39, 0.29) is 38.6 Å². The van der Waals surface area contributed by atoms with E-state index in [4.69, 9.17) is 18.9 Å². The van der Waals surface area contributed by atoms with Gasteiger partial charge in [0.25, 0.3) is 6.29 Å². The molecule has 2 unspecified atom stereocenters. The van der Waals surface area contributed by atoms with Crippen molar-refractivity contribution in [2.75, 3.05) is 47.5 Å². The molecule has 0 bridgehead atoms. The number of allylic oxidation sites excluding steroid dienone is 26. The number of unbranched alkanes of at least 4 members (excludes halogenated alkanes) is 17. The van der Waals surface area contributed by atoms with E-state index < -0.39 is 24.3 Å². The minimum atomic E-state index is -1.53. The predicted octanol–water partition coefficient (Wildman–Crippen LogP) is 20.1. The van der Waals surface area contributed by atoms with Crippen LogP contribution >= 0.6 is 0 Å². The number of hydrogen-bond acceptors (Lipinski definition) is 7. The highest BCUT2D eigenvalue weighted by Crippen LogP contribution is 2.15. The maximum atomic E-state index is 12.9. The molecular weight excluding hydrogens is 1030 g/mol. The Hall–Kier alpha value is -5.09. The molecule has 0 aliphatic heterocycles. The quantitative estimate of drug-likeness (QED) is 0.0211. The Morgan fingerprint density at radius 3 is 0.976 bits per heavy atom. The van der Waals surface area contributed by atoms with Crippen molar-refractivity contribution < 1.29 is 42.9 Å². The fraction of sp³-hybridized carbons (Fsp3) is 0.608. The second-order valence-electron chi connectivity index (χ2n) is 22.3. The van der Waals surface area contributed by atoms with Crippen LogP contribution in [0.15, 0.2) is 158 Å². The number of rotatable bonds is 58. The van der Waals surface area contributed by atoms with Gasteiger partial charge in [-0.2, -0.15) is 0 Å². The van der Waals surface area contributed by atoms with Gasteiger partial charge in [0.2, 0.25) is 0 Å². The number of hydrogen-bond donors (Lipinski definition) is 1. The number of ether oxygens (including phenoxy) is 4. The van der Waals surface area contributed by atoms with E-state index in [1.807, 2.05) is 21.1 Å². The SMILES string of the molecule is CC/C=C\C/C=C\C/C=C\C/C=C\C/C=C\C/C=C\C/C=C\C/C=C\C/C=C\CCCCCC(=O)OC(COC(=O)CCCCCCCCCCCCCCCC/C=C\C/C=C\C/C=C\C/C=C\CC)COC(OCC[N+](C)(C)C)C(=O)O. The van der Waals surface area contributed by atoms with Crippen LogP contribution in [0.1, 0.15) is 232 Å². The Balaban J connectivity index is 4.29. The lowest BCUT2D eigenvalue weighted by Crippen LogP contribution is -2.40.